The molecule has 28 heavy (non-hydrogen) atoms. The van der Waals surface area contributed by atoms with Crippen LogP contribution in [-0.4, -0.2) is 56.0 Å². The monoisotopic (exact) mass is 429 g/mol. The lowest BCUT2D eigenvalue weighted by Gasteiger charge is -2.35. The molecule has 2 aliphatic heterocycles. The van der Waals surface area contributed by atoms with Crippen LogP contribution in [0.2, 0.25) is 5.02 Å². The number of ether oxygens (including phenoxy) is 1. The molecule has 6 nitrogen and oxygen atoms in total. The first-order chi connectivity index (χ1) is 12.9. The van der Waals surface area contributed by atoms with Gasteiger partial charge in [-0.15, -0.1) is 12.4 Å². The molecule has 2 amide bonds. The molecule has 1 aromatic carbocycles. The second-order valence-electron chi connectivity index (χ2n) is 7.78. The number of hydrogen-bond donors (Lipinski definition) is 2. The molecule has 2 fully saturated rings. The molecular formula is C20H29Cl2N3O3. The smallest absolute Gasteiger partial charge is 0.258 e. The van der Waals surface area contributed by atoms with Crippen molar-refractivity contribution in [3.8, 4) is 5.75 Å². The molecule has 0 aliphatic carbocycles. The van der Waals surface area contributed by atoms with Gasteiger partial charge in [0.2, 0.25) is 5.91 Å². The van der Waals surface area contributed by atoms with Gasteiger partial charge in [0.15, 0.2) is 0 Å². The number of nitrogens with zero attached hydrogens (tertiary/aromatic N) is 1. The molecule has 0 saturated carbocycles. The SMILES string of the molecule is COc1ccc(Cl)cc1C(=O)N1CCCC1C(=O)NCC1(C)CCNCC1.Cl. The molecule has 2 heterocycles. The van der Waals surface area contributed by atoms with E-state index >= 15 is 0 Å². The highest BCUT2D eigenvalue weighted by Crippen LogP contribution is 2.29. The molecule has 2 N–H and O–H groups in total. The third kappa shape index (κ3) is 5.10. The molecule has 2 aliphatic rings. The fourth-order valence-corrected chi connectivity index (χ4v) is 4.08. The van der Waals surface area contributed by atoms with Gasteiger partial charge < -0.3 is 20.3 Å². The Balaban J connectivity index is 0.00000280. The Morgan fingerprint density at radius 1 is 1.36 bits per heavy atom. The highest BCUT2D eigenvalue weighted by atomic mass is 35.5. The molecule has 0 aromatic heterocycles. The van der Waals surface area contributed by atoms with Crippen LogP contribution in [0.5, 0.6) is 5.75 Å². The van der Waals surface area contributed by atoms with Crippen molar-refractivity contribution in [1.82, 2.24) is 15.5 Å². The van der Waals surface area contributed by atoms with E-state index in [0.717, 1.165) is 32.4 Å². The number of benzene rings is 1. The number of carbonyl (C=O) groups is 2. The van der Waals surface area contributed by atoms with Gasteiger partial charge in [-0.3, -0.25) is 9.59 Å². The molecule has 1 unspecified atom stereocenters. The van der Waals surface area contributed by atoms with Gasteiger partial charge in [-0.1, -0.05) is 18.5 Å². The Morgan fingerprint density at radius 3 is 2.75 bits per heavy atom. The maximum Gasteiger partial charge on any atom is 0.258 e. The number of nitrogens with one attached hydrogen (secondary N) is 2. The molecule has 2 saturated heterocycles. The molecule has 156 valence electrons. The molecule has 3 rings (SSSR count). The summed E-state index contributed by atoms with van der Waals surface area (Å²) in [5, 5.41) is 6.91. The third-order valence-electron chi connectivity index (χ3n) is 5.71. The summed E-state index contributed by atoms with van der Waals surface area (Å²) < 4.78 is 5.30. The standard InChI is InChI=1S/C20H28ClN3O3.ClH/c1-20(7-9-22-10-8-20)13-23-18(25)16-4-3-11-24(16)19(26)15-12-14(21)5-6-17(15)27-2;/h5-6,12,16,22H,3-4,7-11,13H2,1-2H3,(H,23,25);1H. The first kappa shape index (κ1) is 22.8. The Kier molecular flexibility index (Phi) is 7.98. The van der Waals surface area contributed by atoms with E-state index < -0.39 is 6.04 Å². The lowest BCUT2D eigenvalue weighted by molar-refractivity contribution is -0.125. The van der Waals surface area contributed by atoms with E-state index in [4.69, 9.17) is 16.3 Å². The summed E-state index contributed by atoms with van der Waals surface area (Å²) in [7, 11) is 1.52. The van der Waals surface area contributed by atoms with Crippen LogP contribution in [0.4, 0.5) is 0 Å². The number of hydrogen-bond acceptors (Lipinski definition) is 4. The first-order valence-corrected chi connectivity index (χ1v) is 9.94. The zero-order valence-corrected chi connectivity index (χ0v) is 18.0. The zero-order chi connectivity index (χ0) is 19.4. The second kappa shape index (κ2) is 9.81. The fourth-order valence-electron chi connectivity index (χ4n) is 3.91. The quantitative estimate of drug-likeness (QED) is 0.754. The number of amides is 2. The van der Waals surface area contributed by atoms with Gasteiger partial charge in [0.25, 0.3) is 5.91 Å². The number of methoxy groups -OCH3 is 1. The molecular weight excluding hydrogens is 401 g/mol. The van der Waals surface area contributed by atoms with E-state index in [-0.39, 0.29) is 29.6 Å². The van der Waals surface area contributed by atoms with Crippen LogP contribution in [0.1, 0.15) is 43.0 Å². The minimum absolute atomic E-state index is 0. The lowest BCUT2D eigenvalue weighted by Crippen LogP contribution is -2.49. The van der Waals surface area contributed by atoms with E-state index in [2.05, 4.69) is 17.6 Å². The van der Waals surface area contributed by atoms with Gasteiger partial charge in [-0.05, 0) is 62.4 Å². The van der Waals surface area contributed by atoms with Crippen LogP contribution in [0.25, 0.3) is 0 Å². The number of rotatable bonds is 5. The van der Waals surface area contributed by atoms with E-state index in [1.807, 2.05) is 0 Å². The topological polar surface area (TPSA) is 70.7 Å². The average Bonchev–Trinajstić information content (AvgIpc) is 3.16. The predicted octanol–water partition coefficient (Wildman–Crippen LogP) is 2.88. The van der Waals surface area contributed by atoms with E-state index in [1.165, 1.54) is 7.11 Å². The van der Waals surface area contributed by atoms with E-state index in [1.54, 1.807) is 23.1 Å². The molecule has 0 radical (unpaired) electrons. The summed E-state index contributed by atoms with van der Waals surface area (Å²) in [4.78, 5) is 27.5. The normalized spacial score (nSPS) is 21.0. The Morgan fingerprint density at radius 2 is 2.07 bits per heavy atom. The summed E-state index contributed by atoms with van der Waals surface area (Å²) in [6.45, 7) is 5.38. The van der Waals surface area contributed by atoms with Crippen molar-refractivity contribution < 1.29 is 14.3 Å². The molecule has 8 heteroatoms. The molecule has 1 aromatic rings. The predicted molar refractivity (Wildman–Crippen MR) is 113 cm³/mol. The van der Waals surface area contributed by atoms with Crippen molar-refractivity contribution >= 4 is 35.8 Å². The summed E-state index contributed by atoms with van der Waals surface area (Å²) in [6.07, 6.45) is 3.58. The lowest BCUT2D eigenvalue weighted by atomic mass is 9.81. The van der Waals surface area contributed by atoms with Crippen molar-refractivity contribution in [1.29, 1.82) is 0 Å². The maximum atomic E-state index is 13.1. The van der Waals surface area contributed by atoms with Crippen LogP contribution < -0.4 is 15.4 Å². The Bertz CT molecular complexity index is 708. The van der Waals surface area contributed by atoms with Crippen LogP contribution in [0.3, 0.4) is 0 Å². The van der Waals surface area contributed by atoms with Crippen LogP contribution in [0, 0.1) is 5.41 Å². The van der Waals surface area contributed by atoms with Crippen molar-refractivity contribution in [2.24, 2.45) is 5.41 Å². The van der Waals surface area contributed by atoms with Gasteiger partial charge in [-0.25, -0.2) is 0 Å². The summed E-state index contributed by atoms with van der Waals surface area (Å²) in [6, 6.07) is 4.53. The third-order valence-corrected chi connectivity index (χ3v) is 5.94. The van der Waals surface area contributed by atoms with Crippen LogP contribution in [-0.2, 0) is 4.79 Å². The largest absolute Gasteiger partial charge is 0.496 e. The van der Waals surface area contributed by atoms with Gasteiger partial charge in [0.1, 0.15) is 11.8 Å². The van der Waals surface area contributed by atoms with Gasteiger partial charge in [0, 0.05) is 18.1 Å². The van der Waals surface area contributed by atoms with Crippen molar-refractivity contribution in [2.75, 3.05) is 33.3 Å². The highest BCUT2D eigenvalue weighted by molar-refractivity contribution is 6.31. The molecule has 0 spiro atoms. The second-order valence-corrected chi connectivity index (χ2v) is 8.22. The number of carbonyl (C=O) groups excluding carboxylic acids is 2. The first-order valence-electron chi connectivity index (χ1n) is 9.56. The Labute approximate surface area is 177 Å². The minimum Gasteiger partial charge on any atom is -0.496 e. The fraction of sp³-hybridized carbons (Fsp3) is 0.600. The van der Waals surface area contributed by atoms with E-state index in [0.29, 0.717) is 35.8 Å². The molecule has 1 atom stereocenters. The number of halogens is 2. The van der Waals surface area contributed by atoms with Crippen molar-refractivity contribution in [3.63, 3.8) is 0 Å². The van der Waals surface area contributed by atoms with Gasteiger partial charge in [-0.2, -0.15) is 0 Å². The highest BCUT2D eigenvalue weighted by Gasteiger charge is 2.36. The maximum absolute atomic E-state index is 13.1. The van der Waals surface area contributed by atoms with Crippen LogP contribution >= 0.6 is 24.0 Å². The number of likely N-dealkylation sites (tertiary alicyclic amines) is 1. The van der Waals surface area contributed by atoms with Gasteiger partial charge >= 0.3 is 0 Å². The minimum atomic E-state index is -0.438. The van der Waals surface area contributed by atoms with Gasteiger partial charge in [0.05, 0.1) is 12.7 Å². The number of piperidine rings is 1. The van der Waals surface area contributed by atoms with Crippen molar-refractivity contribution in [2.45, 2.75) is 38.6 Å². The Hall–Kier alpha value is -1.50. The van der Waals surface area contributed by atoms with Crippen molar-refractivity contribution in [3.05, 3.63) is 28.8 Å². The summed E-state index contributed by atoms with van der Waals surface area (Å²) in [5.41, 5.74) is 0.514. The zero-order valence-electron chi connectivity index (χ0n) is 16.4. The van der Waals surface area contributed by atoms with E-state index in [9.17, 15) is 9.59 Å². The van der Waals surface area contributed by atoms with Crippen LogP contribution in [0.15, 0.2) is 18.2 Å². The molecule has 0 bridgehead atoms. The summed E-state index contributed by atoms with van der Waals surface area (Å²) >= 11 is 6.06. The average molecular weight is 430 g/mol. The summed E-state index contributed by atoms with van der Waals surface area (Å²) in [5.74, 6) is 0.194.